The fraction of sp³-hybridized carbons (Fsp3) is 0.333. The Balaban J connectivity index is 1.89. The van der Waals surface area contributed by atoms with E-state index in [4.69, 9.17) is 11.6 Å². The molecule has 26 heavy (non-hydrogen) atoms. The van der Waals surface area contributed by atoms with E-state index >= 15 is 0 Å². The standard InChI is InChI=1S/C18H19BrClFN2O2S/c19-13-6-1-2-9-17(13)26(24,25)22-12-16(23-10-3-4-11-23)18-14(20)7-5-8-15(18)21/h1-2,5-9,16,22H,3-4,10-12H2/t16-/m1/s1. The molecule has 0 aromatic heterocycles. The van der Waals surface area contributed by atoms with E-state index in [1.165, 1.54) is 12.1 Å². The van der Waals surface area contributed by atoms with Crippen molar-refractivity contribution in [3.05, 3.63) is 63.3 Å². The summed E-state index contributed by atoms with van der Waals surface area (Å²) < 4.78 is 42.9. The smallest absolute Gasteiger partial charge is 0.241 e. The van der Waals surface area contributed by atoms with Crippen LogP contribution < -0.4 is 4.72 Å². The summed E-state index contributed by atoms with van der Waals surface area (Å²) in [6, 6.07) is 10.7. The van der Waals surface area contributed by atoms with Crippen LogP contribution in [0.2, 0.25) is 5.02 Å². The molecule has 0 unspecified atom stereocenters. The first-order valence-corrected chi connectivity index (χ1v) is 11.0. The van der Waals surface area contributed by atoms with Crippen LogP contribution in [0.4, 0.5) is 4.39 Å². The van der Waals surface area contributed by atoms with Gasteiger partial charge in [0, 0.05) is 21.6 Å². The molecular weight excluding hydrogens is 443 g/mol. The van der Waals surface area contributed by atoms with Crippen molar-refractivity contribution in [1.29, 1.82) is 0 Å². The summed E-state index contributed by atoms with van der Waals surface area (Å²) in [4.78, 5) is 2.23. The highest BCUT2D eigenvalue weighted by atomic mass is 79.9. The van der Waals surface area contributed by atoms with Gasteiger partial charge in [-0.3, -0.25) is 4.90 Å². The fourth-order valence-corrected chi connectivity index (χ4v) is 5.55. The Kier molecular flexibility index (Phi) is 6.35. The lowest BCUT2D eigenvalue weighted by molar-refractivity contribution is 0.241. The van der Waals surface area contributed by atoms with Gasteiger partial charge in [-0.25, -0.2) is 17.5 Å². The Labute approximate surface area is 166 Å². The molecule has 1 saturated heterocycles. The molecule has 0 spiro atoms. The van der Waals surface area contributed by atoms with Gasteiger partial charge in [0.1, 0.15) is 5.82 Å². The lowest BCUT2D eigenvalue weighted by Crippen LogP contribution is -2.37. The van der Waals surface area contributed by atoms with Gasteiger partial charge in [-0.05, 0) is 66.1 Å². The molecule has 2 aromatic carbocycles. The molecule has 3 rings (SSSR count). The second-order valence-electron chi connectivity index (χ2n) is 6.18. The van der Waals surface area contributed by atoms with Crippen LogP contribution in [-0.2, 0) is 10.0 Å². The molecular formula is C18H19BrClFN2O2S. The minimum Gasteiger partial charge on any atom is -0.295 e. The maximum absolute atomic E-state index is 14.5. The summed E-state index contributed by atoms with van der Waals surface area (Å²) in [5.74, 6) is -0.422. The first-order valence-electron chi connectivity index (χ1n) is 8.32. The van der Waals surface area contributed by atoms with E-state index < -0.39 is 21.9 Å². The average molecular weight is 462 g/mol. The number of benzene rings is 2. The summed E-state index contributed by atoms with van der Waals surface area (Å²) in [6.07, 6.45) is 2.00. The molecule has 0 saturated carbocycles. The number of sulfonamides is 1. The average Bonchev–Trinajstić information content (AvgIpc) is 3.12. The van der Waals surface area contributed by atoms with Crippen LogP contribution in [0.1, 0.15) is 24.4 Å². The van der Waals surface area contributed by atoms with Crippen LogP contribution in [0, 0.1) is 5.82 Å². The van der Waals surface area contributed by atoms with E-state index in [1.54, 1.807) is 30.3 Å². The van der Waals surface area contributed by atoms with E-state index in [0.717, 1.165) is 25.9 Å². The Hall–Kier alpha value is -0.990. The van der Waals surface area contributed by atoms with E-state index in [0.29, 0.717) is 15.1 Å². The van der Waals surface area contributed by atoms with Crippen molar-refractivity contribution in [2.24, 2.45) is 0 Å². The maximum atomic E-state index is 14.5. The van der Waals surface area contributed by atoms with Crippen molar-refractivity contribution in [1.82, 2.24) is 9.62 Å². The van der Waals surface area contributed by atoms with Crippen molar-refractivity contribution in [3.8, 4) is 0 Å². The lowest BCUT2D eigenvalue weighted by Gasteiger charge is -2.29. The number of nitrogens with one attached hydrogen (secondary N) is 1. The van der Waals surface area contributed by atoms with Gasteiger partial charge in [0.2, 0.25) is 10.0 Å². The van der Waals surface area contributed by atoms with Crippen LogP contribution in [-0.4, -0.2) is 33.0 Å². The third-order valence-electron chi connectivity index (χ3n) is 4.51. The highest BCUT2D eigenvalue weighted by Crippen LogP contribution is 2.32. The van der Waals surface area contributed by atoms with Crippen molar-refractivity contribution in [2.75, 3.05) is 19.6 Å². The number of hydrogen-bond donors (Lipinski definition) is 1. The summed E-state index contributed by atoms with van der Waals surface area (Å²) in [5.41, 5.74) is 0.339. The summed E-state index contributed by atoms with van der Waals surface area (Å²) >= 11 is 9.51. The molecule has 0 bridgehead atoms. The van der Waals surface area contributed by atoms with Crippen molar-refractivity contribution < 1.29 is 12.8 Å². The highest BCUT2D eigenvalue weighted by molar-refractivity contribution is 9.10. The SMILES string of the molecule is O=S(=O)(NC[C@H](c1c(F)cccc1Cl)N1CCCC1)c1ccccc1Br. The Morgan fingerprint density at radius 1 is 1.15 bits per heavy atom. The molecule has 0 amide bonds. The molecule has 1 heterocycles. The Bertz CT molecular complexity index is 868. The first kappa shape index (κ1) is 19.8. The van der Waals surface area contributed by atoms with Gasteiger partial charge in [0.05, 0.1) is 10.9 Å². The topological polar surface area (TPSA) is 49.4 Å². The predicted octanol–water partition coefficient (Wildman–Crippen LogP) is 4.36. The molecule has 0 radical (unpaired) electrons. The Morgan fingerprint density at radius 3 is 2.50 bits per heavy atom. The predicted molar refractivity (Wildman–Crippen MR) is 104 cm³/mol. The quantitative estimate of drug-likeness (QED) is 0.695. The fourth-order valence-electron chi connectivity index (χ4n) is 3.23. The van der Waals surface area contributed by atoms with Gasteiger partial charge in [0.25, 0.3) is 0 Å². The zero-order valence-corrected chi connectivity index (χ0v) is 17.1. The number of hydrogen-bond acceptors (Lipinski definition) is 3. The van der Waals surface area contributed by atoms with Crippen LogP contribution in [0.25, 0.3) is 0 Å². The minimum absolute atomic E-state index is 0.0460. The van der Waals surface area contributed by atoms with Crippen molar-refractivity contribution >= 4 is 37.6 Å². The maximum Gasteiger partial charge on any atom is 0.241 e. The van der Waals surface area contributed by atoms with Gasteiger partial charge < -0.3 is 0 Å². The number of likely N-dealkylation sites (tertiary alicyclic amines) is 1. The lowest BCUT2D eigenvalue weighted by atomic mass is 10.0. The molecule has 1 atom stereocenters. The third-order valence-corrected chi connectivity index (χ3v) is 7.27. The van der Waals surface area contributed by atoms with Gasteiger partial charge in [0.15, 0.2) is 0 Å². The number of halogens is 3. The van der Waals surface area contributed by atoms with Crippen LogP contribution >= 0.6 is 27.5 Å². The molecule has 8 heteroatoms. The zero-order chi connectivity index (χ0) is 18.7. The summed E-state index contributed by atoms with van der Waals surface area (Å²) in [5, 5.41) is 0.307. The molecule has 4 nitrogen and oxygen atoms in total. The van der Waals surface area contributed by atoms with Crippen LogP contribution in [0.5, 0.6) is 0 Å². The van der Waals surface area contributed by atoms with E-state index in [-0.39, 0.29) is 11.4 Å². The Morgan fingerprint density at radius 2 is 1.85 bits per heavy atom. The molecule has 1 N–H and O–H groups in total. The van der Waals surface area contributed by atoms with E-state index in [2.05, 4.69) is 25.6 Å². The molecule has 1 aliphatic heterocycles. The summed E-state index contributed by atoms with van der Waals surface area (Å²) in [7, 11) is -3.74. The molecule has 140 valence electrons. The van der Waals surface area contributed by atoms with Crippen LogP contribution in [0.3, 0.4) is 0 Å². The largest absolute Gasteiger partial charge is 0.295 e. The minimum atomic E-state index is -3.74. The second kappa shape index (κ2) is 8.35. The third kappa shape index (κ3) is 4.28. The van der Waals surface area contributed by atoms with E-state index in [1.807, 2.05) is 0 Å². The molecule has 2 aromatic rings. The van der Waals surface area contributed by atoms with Crippen molar-refractivity contribution in [2.45, 2.75) is 23.8 Å². The van der Waals surface area contributed by atoms with E-state index in [9.17, 15) is 12.8 Å². The zero-order valence-electron chi connectivity index (χ0n) is 14.0. The van der Waals surface area contributed by atoms with Crippen LogP contribution in [0.15, 0.2) is 51.8 Å². The van der Waals surface area contributed by atoms with Gasteiger partial charge in [-0.1, -0.05) is 29.8 Å². The molecule has 0 aliphatic carbocycles. The number of rotatable bonds is 6. The normalized spacial score (nSPS) is 16.7. The van der Waals surface area contributed by atoms with Gasteiger partial charge in [-0.2, -0.15) is 0 Å². The van der Waals surface area contributed by atoms with Gasteiger partial charge in [-0.15, -0.1) is 0 Å². The highest BCUT2D eigenvalue weighted by Gasteiger charge is 2.29. The second-order valence-corrected chi connectivity index (χ2v) is 9.17. The summed E-state index contributed by atoms with van der Waals surface area (Å²) in [6.45, 7) is 1.61. The molecule has 1 fully saturated rings. The first-order chi connectivity index (χ1) is 12.4. The monoisotopic (exact) mass is 460 g/mol. The van der Waals surface area contributed by atoms with Gasteiger partial charge >= 0.3 is 0 Å². The molecule has 1 aliphatic rings. The number of nitrogens with zero attached hydrogens (tertiary/aromatic N) is 1. The van der Waals surface area contributed by atoms with Crippen molar-refractivity contribution in [3.63, 3.8) is 0 Å².